The second-order valence-electron chi connectivity index (χ2n) is 5.68. The maximum absolute atomic E-state index is 11.8. The molecule has 0 saturated heterocycles. The molecule has 0 bridgehead atoms. The molecular weight excluding hydrogens is 382 g/mol. The van der Waals surface area contributed by atoms with Gasteiger partial charge < -0.3 is 10.6 Å². The van der Waals surface area contributed by atoms with E-state index in [2.05, 4.69) is 26.1 Å². The minimum absolute atomic E-state index is 0.123. The van der Waals surface area contributed by atoms with Crippen LogP contribution in [-0.4, -0.2) is 23.7 Å². The third kappa shape index (κ3) is 5.80. The quantitative estimate of drug-likeness (QED) is 0.406. The molecule has 3 N–H and O–H groups in total. The van der Waals surface area contributed by atoms with Gasteiger partial charge in [-0.15, -0.1) is 0 Å². The molecule has 1 aromatic heterocycles. The predicted octanol–water partition coefficient (Wildman–Crippen LogP) is 4.41. The van der Waals surface area contributed by atoms with Crippen LogP contribution in [0.25, 0.3) is 0 Å². The molecule has 3 rings (SSSR count). The van der Waals surface area contributed by atoms with Crippen molar-refractivity contribution < 1.29 is 4.79 Å². The van der Waals surface area contributed by atoms with E-state index >= 15 is 0 Å². The van der Waals surface area contributed by atoms with E-state index in [1.807, 2.05) is 61.5 Å². The van der Waals surface area contributed by atoms with Gasteiger partial charge in [-0.3, -0.25) is 4.79 Å². The summed E-state index contributed by atoms with van der Waals surface area (Å²) in [7, 11) is 0. The molecule has 0 unspecified atom stereocenters. The number of aromatic nitrogens is 1. The molecule has 1 amide bonds. The number of nitrogens with zero attached hydrogens (tertiary/aromatic N) is 2. The molecule has 6 nitrogen and oxygen atoms in total. The number of hydrogen-bond acceptors (Lipinski definition) is 6. The molecule has 0 fully saturated rings. The Morgan fingerprint density at radius 3 is 2.63 bits per heavy atom. The summed E-state index contributed by atoms with van der Waals surface area (Å²) in [5.74, 6) is -0.256. The van der Waals surface area contributed by atoms with Crippen molar-refractivity contribution in [1.82, 2.24) is 10.4 Å². The molecular formula is C19H18ClN5OS. The van der Waals surface area contributed by atoms with Gasteiger partial charge >= 0.3 is 0 Å². The highest BCUT2D eigenvalue weighted by Crippen LogP contribution is 2.27. The van der Waals surface area contributed by atoms with Crippen LogP contribution in [0.2, 0.25) is 5.15 Å². The first-order chi connectivity index (χ1) is 13.1. The number of carbonyl (C=O) groups excluding carboxylic acids is 1. The number of nitrogens with one attached hydrogen (secondary N) is 3. The highest BCUT2D eigenvalue weighted by molar-refractivity contribution is 7.17. The van der Waals surface area contributed by atoms with Crippen LogP contribution in [0.4, 0.5) is 16.5 Å². The van der Waals surface area contributed by atoms with Crippen molar-refractivity contribution in [2.75, 3.05) is 17.2 Å². The van der Waals surface area contributed by atoms with Gasteiger partial charge in [0.25, 0.3) is 5.91 Å². The van der Waals surface area contributed by atoms with E-state index in [-0.39, 0.29) is 12.5 Å². The van der Waals surface area contributed by atoms with E-state index in [1.165, 1.54) is 23.1 Å². The van der Waals surface area contributed by atoms with Crippen molar-refractivity contribution in [2.24, 2.45) is 5.10 Å². The molecule has 1 heterocycles. The molecule has 0 spiro atoms. The molecule has 8 heteroatoms. The number of amides is 1. The van der Waals surface area contributed by atoms with Crippen LogP contribution in [0.15, 0.2) is 59.7 Å². The summed E-state index contributed by atoms with van der Waals surface area (Å²) in [6.45, 7) is 2.15. The number of para-hydroxylation sites is 1. The van der Waals surface area contributed by atoms with Gasteiger partial charge in [-0.1, -0.05) is 58.8 Å². The Bertz CT molecular complexity index is 925. The molecule has 0 radical (unpaired) electrons. The van der Waals surface area contributed by atoms with E-state index in [0.29, 0.717) is 15.2 Å². The molecule has 0 aliphatic heterocycles. The number of halogens is 1. The van der Waals surface area contributed by atoms with E-state index in [9.17, 15) is 4.79 Å². The second-order valence-corrected chi connectivity index (χ2v) is 7.07. The summed E-state index contributed by atoms with van der Waals surface area (Å²) in [6.07, 6.45) is 1.49. The van der Waals surface area contributed by atoms with Crippen LogP contribution in [0.3, 0.4) is 0 Å². The topological polar surface area (TPSA) is 78.4 Å². The lowest BCUT2D eigenvalue weighted by Crippen LogP contribution is -2.25. The number of anilines is 3. The van der Waals surface area contributed by atoms with Gasteiger partial charge in [-0.25, -0.2) is 10.4 Å². The fraction of sp³-hybridized carbons (Fsp3) is 0.105. The van der Waals surface area contributed by atoms with Crippen molar-refractivity contribution >= 4 is 51.6 Å². The van der Waals surface area contributed by atoms with Crippen molar-refractivity contribution in [3.8, 4) is 0 Å². The van der Waals surface area contributed by atoms with Crippen LogP contribution in [0.1, 0.15) is 10.4 Å². The van der Waals surface area contributed by atoms with Crippen LogP contribution in [-0.2, 0) is 4.79 Å². The number of aryl methyl sites for hydroxylation is 1. The summed E-state index contributed by atoms with van der Waals surface area (Å²) >= 11 is 7.49. The molecule has 2 aromatic carbocycles. The van der Waals surface area contributed by atoms with Crippen molar-refractivity contribution in [1.29, 1.82) is 0 Å². The van der Waals surface area contributed by atoms with Gasteiger partial charge in [-0.2, -0.15) is 5.10 Å². The third-order valence-corrected chi connectivity index (χ3v) is 4.82. The fourth-order valence-electron chi connectivity index (χ4n) is 2.15. The normalized spacial score (nSPS) is 10.7. The fourth-order valence-corrected chi connectivity index (χ4v) is 3.20. The number of hydrazone groups is 1. The zero-order chi connectivity index (χ0) is 19.1. The van der Waals surface area contributed by atoms with E-state index in [1.54, 1.807) is 0 Å². The summed E-state index contributed by atoms with van der Waals surface area (Å²) in [5, 5.41) is 11.1. The molecule has 0 aliphatic carbocycles. The first-order valence-electron chi connectivity index (χ1n) is 8.21. The molecule has 0 saturated carbocycles. The van der Waals surface area contributed by atoms with Crippen LogP contribution < -0.4 is 16.1 Å². The van der Waals surface area contributed by atoms with Gasteiger partial charge in [0.05, 0.1) is 17.6 Å². The SMILES string of the molecule is Cc1ccc(Nc2nc(Cl)c(/C=N/NC(=O)CNc3ccccc3)s2)cc1. The average Bonchev–Trinajstić information content (AvgIpc) is 3.02. The summed E-state index contributed by atoms with van der Waals surface area (Å²) in [5.41, 5.74) is 5.44. The maximum atomic E-state index is 11.8. The first kappa shape index (κ1) is 18.9. The standard InChI is InChI=1S/C19H18ClN5OS/c1-13-7-9-15(10-8-13)23-19-24-18(20)16(27-19)11-22-25-17(26)12-21-14-5-3-2-4-6-14/h2-11,21H,12H2,1H3,(H,23,24)(H,25,26)/b22-11+. The first-order valence-corrected chi connectivity index (χ1v) is 9.40. The zero-order valence-corrected chi connectivity index (χ0v) is 16.1. The predicted molar refractivity (Wildman–Crippen MR) is 112 cm³/mol. The molecule has 0 aliphatic rings. The summed E-state index contributed by atoms with van der Waals surface area (Å²) < 4.78 is 0. The van der Waals surface area contributed by atoms with Crippen molar-refractivity contribution in [3.63, 3.8) is 0 Å². The largest absolute Gasteiger partial charge is 0.376 e. The highest BCUT2D eigenvalue weighted by atomic mass is 35.5. The number of hydrogen-bond donors (Lipinski definition) is 3. The second kappa shape index (κ2) is 9.16. The Morgan fingerprint density at radius 1 is 1.15 bits per heavy atom. The Labute approximate surface area is 166 Å². The average molecular weight is 400 g/mol. The Kier molecular flexibility index (Phi) is 6.40. The molecule has 138 valence electrons. The van der Waals surface area contributed by atoms with Gasteiger partial charge in [0.1, 0.15) is 0 Å². The van der Waals surface area contributed by atoms with Gasteiger partial charge in [-0.05, 0) is 31.2 Å². The van der Waals surface area contributed by atoms with Crippen LogP contribution >= 0.6 is 22.9 Å². The van der Waals surface area contributed by atoms with E-state index in [0.717, 1.165) is 11.4 Å². The van der Waals surface area contributed by atoms with Crippen LogP contribution in [0.5, 0.6) is 0 Å². The van der Waals surface area contributed by atoms with E-state index < -0.39 is 0 Å². The number of carbonyl (C=O) groups is 1. The summed E-state index contributed by atoms with van der Waals surface area (Å²) in [6, 6.07) is 17.4. The van der Waals surface area contributed by atoms with E-state index in [4.69, 9.17) is 11.6 Å². The minimum atomic E-state index is -0.256. The zero-order valence-electron chi connectivity index (χ0n) is 14.6. The lowest BCUT2D eigenvalue weighted by Gasteiger charge is -2.04. The molecule has 27 heavy (non-hydrogen) atoms. The lowest BCUT2D eigenvalue weighted by atomic mass is 10.2. The van der Waals surface area contributed by atoms with Crippen molar-refractivity contribution in [3.05, 3.63) is 70.2 Å². The Hall–Kier alpha value is -2.90. The van der Waals surface area contributed by atoms with Crippen molar-refractivity contribution in [2.45, 2.75) is 6.92 Å². The number of benzene rings is 2. The Morgan fingerprint density at radius 2 is 1.89 bits per heavy atom. The smallest absolute Gasteiger partial charge is 0.259 e. The Balaban J connectivity index is 1.51. The lowest BCUT2D eigenvalue weighted by molar-refractivity contribution is -0.119. The summed E-state index contributed by atoms with van der Waals surface area (Å²) in [4.78, 5) is 16.7. The number of thiazole rings is 1. The monoisotopic (exact) mass is 399 g/mol. The van der Waals surface area contributed by atoms with Gasteiger partial charge in [0.2, 0.25) is 0 Å². The molecule has 0 atom stereocenters. The maximum Gasteiger partial charge on any atom is 0.259 e. The number of rotatable bonds is 7. The minimum Gasteiger partial charge on any atom is -0.376 e. The molecule has 3 aromatic rings. The highest BCUT2D eigenvalue weighted by Gasteiger charge is 2.08. The third-order valence-electron chi connectivity index (χ3n) is 3.51. The van der Waals surface area contributed by atoms with Gasteiger partial charge in [0, 0.05) is 11.4 Å². The van der Waals surface area contributed by atoms with Gasteiger partial charge in [0.15, 0.2) is 10.3 Å². The van der Waals surface area contributed by atoms with Crippen LogP contribution in [0, 0.1) is 6.92 Å².